The summed E-state index contributed by atoms with van der Waals surface area (Å²) in [5, 5.41) is 5.57. The zero-order chi connectivity index (χ0) is 14.7. The van der Waals surface area contributed by atoms with Gasteiger partial charge in [-0.1, -0.05) is 42.5 Å². The minimum atomic E-state index is -0.142. The van der Waals surface area contributed by atoms with Crippen molar-refractivity contribution >= 4 is 11.8 Å². The Bertz CT molecular complexity index is 650. The molecule has 1 aliphatic rings. The van der Waals surface area contributed by atoms with E-state index in [1.807, 2.05) is 54.6 Å². The molecule has 1 heterocycles. The second-order valence-corrected chi connectivity index (χ2v) is 5.12. The van der Waals surface area contributed by atoms with Gasteiger partial charge >= 0.3 is 0 Å². The quantitative estimate of drug-likeness (QED) is 0.903. The van der Waals surface area contributed by atoms with Crippen molar-refractivity contribution in [3.8, 4) is 11.1 Å². The summed E-state index contributed by atoms with van der Waals surface area (Å²) in [5.41, 5.74) is 2.80. The number of carbonyl (C=O) groups excluding carboxylic acids is 2. The monoisotopic (exact) mass is 280 g/mol. The van der Waals surface area contributed by atoms with E-state index in [1.54, 1.807) is 0 Å². The molecule has 0 radical (unpaired) electrons. The molecule has 1 atom stereocenters. The number of nitrogens with one attached hydrogen (secondary N) is 2. The van der Waals surface area contributed by atoms with Crippen LogP contribution in [-0.4, -0.2) is 24.4 Å². The molecule has 21 heavy (non-hydrogen) atoms. The topological polar surface area (TPSA) is 58.2 Å². The molecule has 4 nitrogen and oxygen atoms in total. The standard InChI is InChI=1S/C17H16N2O2/c20-16-10-15(11-18-16)19-17(21)14-8-6-13(7-9-14)12-4-2-1-3-5-12/h1-9,15H,10-11H2,(H,18,20)(H,19,21). The number of rotatable bonds is 3. The van der Waals surface area contributed by atoms with Crippen LogP contribution in [0.1, 0.15) is 16.8 Å². The van der Waals surface area contributed by atoms with Crippen LogP contribution in [0.2, 0.25) is 0 Å². The normalized spacial score (nSPS) is 17.3. The maximum absolute atomic E-state index is 12.1. The third kappa shape index (κ3) is 3.11. The fourth-order valence-electron chi connectivity index (χ4n) is 2.42. The molecule has 0 saturated carbocycles. The van der Waals surface area contributed by atoms with Crippen molar-refractivity contribution in [1.29, 1.82) is 0 Å². The molecule has 1 unspecified atom stereocenters. The second kappa shape index (κ2) is 5.79. The average Bonchev–Trinajstić information content (AvgIpc) is 2.93. The van der Waals surface area contributed by atoms with E-state index in [1.165, 1.54) is 0 Å². The molecule has 2 aromatic carbocycles. The Morgan fingerprint density at radius 1 is 1.00 bits per heavy atom. The van der Waals surface area contributed by atoms with Gasteiger partial charge in [-0.25, -0.2) is 0 Å². The van der Waals surface area contributed by atoms with Crippen molar-refractivity contribution in [3.05, 3.63) is 60.2 Å². The van der Waals surface area contributed by atoms with Gasteiger partial charge in [0.05, 0.1) is 6.04 Å². The SMILES string of the molecule is O=C1CC(NC(=O)c2ccc(-c3ccccc3)cc2)CN1. The van der Waals surface area contributed by atoms with Gasteiger partial charge in [0, 0.05) is 18.5 Å². The lowest BCUT2D eigenvalue weighted by molar-refractivity contribution is -0.119. The Hall–Kier alpha value is -2.62. The lowest BCUT2D eigenvalue weighted by atomic mass is 10.0. The molecule has 1 fully saturated rings. The third-order valence-corrected chi connectivity index (χ3v) is 3.57. The highest BCUT2D eigenvalue weighted by Crippen LogP contribution is 2.19. The lowest BCUT2D eigenvalue weighted by Gasteiger charge is -2.10. The first kappa shape index (κ1) is 13.4. The first-order valence-corrected chi connectivity index (χ1v) is 6.95. The maximum atomic E-state index is 12.1. The van der Waals surface area contributed by atoms with E-state index in [9.17, 15) is 9.59 Å². The van der Waals surface area contributed by atoms with Gasteiger partial charge in [-0.3, -0.25) is 9.59 Å². The summed E-state index contributed by atoms with van der Waals surface area (Å²) < 4.78 is 0. The van der Waals surface area contributed by atoms with Crippen molar-refractivity contribution in [1.82, 2.24) is 10.6 Å². The fourth-order valence-corrected chi connectivity index (χ4v) is 2.42. The van der Waals surface area contributed by atoms with Gasteiger partial charge in [-0.05, 0) is 23.3 Å². The van der Waals surface area contributed by atoms with Gasteiger partial charge < -0.3 is 10.6 Å². The molecule has 2 amide bonds. The van der Waals surface area contributed by atoms with E-state index in [-0.39, 0.29) is 17.9 Å². The highest BCUT2D eigenvalue weighted by atomic mass is 16.2. The summed E-state index contributed by atoms with van der Waals surface area (Å²) in [7, 11) is 0. The first-order valence-electron chi connectivity index (χ1n) is 6.95. The molecule has 1 saturated heterocycles. The van der Waals surface area contributed by atoms with E-state index in [0.29, 0.717) is 18.5 Å². The maximum Gasteiger partial charge on any atom is 0.251 e. The van der Waals surface area contributed by atoms with Crippen LogP contribution >= 0.6 is 0 Å². The molecule has 106 valence electrons. The van der Waals surface area contributed by atoms with E-state index in [4.69, 9.17) is 0 Å². The fraction of sp³-hybridized carbons (Fsp3) is 0.176. The Labute approximate surface area is 123 Å². The Balaban J connectivity index is 1.69. The molecular weight excluding hydrogens is 264 g/mol. The van der Waals surface area contributed by atoms with Crippen molar-refractivity contribution < 1.29 is 9.59 Å². The summed E-state index contributed by atoms with van der Waals surface area (Å²) in [6.07, 6.45) is 0.355. The second-order valence-electron chi connectivity index (χ2n) is 5.12. The van der Waals surface area contributed by atoms with E-state index >= 15 is 0 Å². The molecule has 2 N–H and O–H groups in total. The van der Waals surface area contributed by atoms with Crippen LogP contribution in [0.15, 0.2) is 54.6 Å². The predicted octanol–water partition coefficient (Wildman–Crippen LogP) is 1.97. The van der Waals surface area contributed by atoms with Gasteiger partial charge in [-0.15, -0.1) is 0 Å². The van der Waals surface area contributed by atoms with E-state index < -0.39 is 0 Å². The lowest BCUT2D eigenvalue weighted by Crippen LogP contribution is -2.36. The van der Waals surface area contributed by atoms with Crippen LogP contribution in [0, 0.1) is 0 Å². The van der Waals surface area contributed by atoms with Crippen molar-refractivity contribution in [3.63, 3.8) is 0 Å². The van der Waals surface area contributed by atoms with E-state index in [0.717, 1.165) is 11.1 Å². The molecule has 0 aliphatic carbocycles. The molecule has 0 aromatic heterocycles. The van der Waals surface area contributed by atoms with Gasteiger partial charge in [-0.2, -0.15) is 0 Å². The molecular formula is C17H16N2O2. The Morgan fingerprint density at radius 2 is 1.67 bits per heavy atom. The summed E-state index contributed by atoms with van der Waals surface area (Å²) >= 11 is 0. The minimum absolute atomic E-state index is 0.0141. The highest BCUT2D eigenvalue weighted by molar-refractivity contribution is 5.95. The van der Waals surface area contributed by atoms with Crippen molar-refractivity contribution in [2.24, 2.45) is 0 Å². The van der Waals surface area contributed by atoms with E-state index in [2.05, 4.69) is 10.6 Å². The number of hydrogen-bond donors (Lipinski definition) is 2. The molecule has 4 heteroatoms. The van der Waals surface area contributed by atoms with Crippen LogP contribution in [0.5, 0.6) is 0 Å². The zero-order valence-corrected chi connectivity index (χ0v) is 11.5. The molecule has 0 bridgehead atoms. The van der Waals surface area contributed by atoms with Gasteiger partial charge in [0.15, 0.2) is 0 Å². The number of amides is 2. The van der Waals surface area contributed by atoms with Crippen LogP contribution in [-0.2, 0) is 4.79 Å². The average molecular weight is 280 g/mol. The molecule has 0 spiro atoms. The number of carbonyl (C=O) groups is 2. The number of benzene rings is 2. The van der Waals surface area contributed by atoms with Gasteiger partial charge in [0.1, 0.15) is 0 Å². The largest absolute Gasteiger partial charge is 0.354 e. The van der Waals surface area contributed by atoms with Crippen LogP contribution < -0.4 is 10.6 Å². The first-order chi connectivity index (χ1) is 10.2. The molecule has 2 aromatic rings. The van der Waals surface area contributed by atoms with Crippen LogP contribution in [0.4, 0.5) is 0 Å². The minimum Gasteiger partial charge on any atom is -0.354 e. The summed E-state index contributed by atoms with van der Waals surface area (Å²) in [4.78, 5) is 23.2. The smallest absolute Gasteiger partial charge is 0.251 e. The predicted molar refractivity (Wildman–Crippen MR) is 80.8 cm³/mol. The number of hydrogen-bond acceptors (Lipinski definition) is 2. The molecule has 1 aliphatic heterocycles. The van der Waals surface area contributed by atoms with Crippen LogP contribution in [0.3, 0.4) is 0 Å². The van der Waals surface area contributed by atoms with Gasteiger partial charge in [0.2, 0.25) is 5.91 Å². The Morgan fingerprint density at radius 3 is 2.29 bits per heavy atom. The summed E-state index contributed by atoms with van der Waals surface area (Å²) in [6, 6.07) is 17.4. The zero-order valence-electron chi connectivity index (χ0n) is 11.5. The van der Waals surface area contributed by atoms with Gasteiger partial charge in [0.25, 0.3) is 5.91 Å². The Kier molecular flexibility index (Phi) is 3.69. The van der Waals surface area contributed by atoms with Crippen molar-refractivity contribution in [2.45, 2.75) is 12.5 Å². The van der Waals surface area contributed by atoms with Crippen LogP contribution in [0.25, 0.3) is 11.1 Å². The summed E-state index contributed by atoms with van der Waals surface area (Å²) in [6.45, 7) is 0.507. The van der Waals surface area contributed by atoms with Crippen molar-refractivity contribution in [2.75, 3.05) is 6.54 Å². The highest BCUT2D eigenvalue weighted by Gasteiger charge is 2.23. The summed E-state index contributed by atoms with van der Waals surface area (Å²) in [5.74, 6) is -0.157. The molecule has 3 rings (SSSR count). The third-order valence-electron chi connectivity index (χ3n) is 3.57.